The molecule has 0 aromatic heterocycles. The zero-order valence-electron chi connectivity index (χ0n) is 21.8. The highest BCUT2D eigenvalue weighted by Gasteiger charge is 2.31. The van der Waals surface area contributed by atoms with Crippen molar-refractivity contribution in [2.75, 3.05) is 6.54 Å². The fourth-order valence-electron chi connectivity index (χ4n) is 4.24. The van der Waals surface area contributed by atoms with Crippen LogP contribution in [0.5, 0.6) is 0 Å². The highest BCUT2D eigenvalue weighted by Crippen LogP contribution is 2.28. The molecule has 0 bridgehead atoms. The van der Waals surface area contributed by atoms with Gasteiger partial charge in [-0.25, -0.2) is 0 Å². The molecule has 0 spiro atoms. The topological polar surface area (TPSA) is 49.4 Å². The van der Waals surface area contributed by atoms with E-state index >= 15 is 0 Å². The third kappa shape index (κ3) is 8.34. The number of carbonyl (C=O) groups is 2. The highest BCUT2D eigenvalue weighted by molar-refractivity contribution is 6.36. The maximum absolute atomic E-state index is 13.8. The predicted octanol–water partition coefficient (Wildman–Crippen LogP) is 7.22. The molecule has 0 unspecified atom stereocenters. The van der Waals surface area contributed by atoms with Crippen LogP contribution >= 0.6 is 23.2 Å². The van der Waals surface area contributed by atoms with Crippen LogP contribution in [0.15, 0.2) is 72.8 Å². The number of rotatable bonds is 12. The average molecular weight is 540 g/mol. The SMILES string of the molecule is CCCNC(=O)[C@@H](Cc1ccccc1)N(Cc1c(Cl)cccc1Cl)C(=O)CCc1ccc(C(C)C)cc1. The lowest BCUT2D eigenvalue weighted by atomic mass is 9.99. The van der Waals surface area contributed by atoms with E-state index in [1.165, 1.54) is 5.56 Å². The van der Waals surface area contributed by atoms with Gasteiger partial charge in [0.15, 0.2) is 0 Å². The second kappa shape index (κ2) is 14.2. The standard InChI is InChI=1S/C31H36Cl2N2O2/c1-4-19-34-31(37)29(20-24-9-6-5-7-10-24)35(21-26-27(32)11-8-12-28(26)33)30(36)18-15-23-13-16-25(17-14-23)22(2)3/h5-14,16-17,22,29H,4,15,18-21H2,1-3H3,(H,34,37)/t29-/m1/s1. The van der Waals surface area contributed by atoms with Crippen molar-refractivity contribution in [2.45, 2.75) is 65.0 Å². The zero-order chi connectivity index (χ0) is 26.8. The third-order valence-electron chi connectivity index (χ3n) is 6.48. The van der Waals surface area contributed by atoms with Crippen LogP contribution in [-0.4, -0.2) is 29.3 Å². The molecule has 0 saturated carbocycles. The van der Waals surface area contributed by atoms with Crippen LogP contribution in [0.25, 0.3) is 0 Å². The number of hydrogen-bond donors (Lipinski definition) is 1. The molecule has 0 aliphatic heterocycles. The van der Waals surface area contributed by atoms with Gasteiger partial charge in [-0.1, -0.05) is 105 Å². The Morgan fingerprint density at radius 3 is 2.11 bits per heavy atom. The summed E-state index contributed by atoms with van der Waals surface area (Å²) in [5.41, 5.74) is 3.97. The van der Waals surface area contributed by atoms with Crippen LogP contribution in [0.3, 0.4) is 0 Å². The average Bonchev–Trinajstić information content (AvgIpc) is 2.90. The lowest BCUT2D eigenvalue weighted by molar-refractivity contribution is -0.141. The molecule has 0 radical (unpaired) electrons. The molecule has 3 aromatic carbocycles. The van der Waals surface area contributed by atoms with Crippen molar-refractivity contribution in [1.82, 2.24) is 10.2 Å². The Bertz CT molecular complexity index is 1140. The van der Waals surface area contributed by atoms with Crippen LogP contribution in [0, 0.1) is 0 Å². The van der Waals surface area contributed by atoms with E-state index in [0.29, 0.717) is 40.9 Å². The number of amides is 2. The van der Waals surface area contributed by atoms with E-state index in [9.17, 15) is 9.59 Å². The Kier molecular flexibility index (Phi) is 11.0. The Labute approximate surface area is 231 Å². The molecule has 196 valence electrons. The van der Waals surface area contributed by atoms with E-state index < -0.39 is 6.04 Å². The Balaban J connectivity index is 1.91. The molecule has 2 amide bonds. The fourth-order valence-corrected chi connectivity index (χ4v) is 4.75. The third-order valence-corrected chi connectivity index (χ3v) is 7.19. The molecule has 0 aliphatic carbocycles. The molecular formula is C31H36Cl2N2O2. The maximum Gasteiger partial charge on any atom is 0.243 e. The summed E-state index contributed by atoms with van der Waals surface area (Å²) in [6, 6.07) is 22.7. The summed E-state index contributed by atoms with van der Waals surface area (Å²) in [5.74, 6) is 0.159. The molecule has 6 heteroatoms. The van der Waals surface area contributed by atoms with E-state index in [-0.39, 0.29) is 24.8 Å². The molecule has 3 aromatic rings. The lowest BCUT2D eigenvalue weighted by Gasteiger charge is -2.32. The van der Waals surface area contributed by atoms with Gasteiger partial charge in [0, 0.05) is 41.5 Å². The minimum Gasteiger partial charge on any atom is -0.354 e. The molecule has 1 atom stereocenters. The molecule has 1 N–H and O–H groups in total. The van der Waals surface area contributed by atoms with E-state index in [0.717, 1.165) is 17.5 Å². The van der Waals surface area contributed by atoms with E-state index in [1.54, 1.807) is 23.1 Å². The summed E-state index contributed by atoms with van der Waals surface area (Å²) in [6.07, 6.45) is 2.06. The van der Waals surface area contributed by atoms with E-state index in [2.05, 4.69) is 43.4 Å². The van der Waals surface area contributed by atoms with E-state index in [1.807, 2.05) is 37.3 Å². The molecule has 0 heterocycles. The van der Waals surface area contributed by atoms with Gasteiger partial charge in [-0.15, -0.1) is 0 Å². The Morgan fingerprint density at radius 1 is 0.865 bits per heavy atom. The molecule has 0 fully saturated rings. The van der Waals surface area contributed by atoms with Crippen LogP contribution in [-0.2, 0) is 29.0 Å². The molecule has 3 rings (SSSR count). The van der Waals surface area contributed by atoms with Crippen molar-refractivity contribution in [3.05, 3.63) is 105 Å². The number of nitrogens with one attached hydrogen (secondary N) is 1. The van der Waals surface area contributed by atoms with Crippen LogP contribution in [0.1, 0.15) is 61.8 Å². The minimum atomic E-state index is -0.697. The second-order valence-corrected chi connectivity index (χ2v) is 10.4. The number of aryl methyl sites for hydroxylation is 1. The van der Waals surface area contributed by atoms with Gasteiger partial charge >= 0.3 is 0 Å². The predicted molar refractivity (Wildman–Crippen MR) is 153 cm³/mol. The number of benzene rings is 3. The van der Waals surface area contributed by atoms with Gasteiger partial charge in [0.2, 0.25) is 11.8 Å². The normalized spacial score (nSPS) is 11.8. The van der Waals surface area contributed by atoms with Crippen molar-refractivity contribution in [3.63, 3.8) is 0 Å². The van der Waals surface area contributed by atoms with Crippen molar-refractivity contribution >= 4 is 35.0 Å². The number of carbonyl (C=O) groups excluding carboxylic acids is 2. The van der Waals surface area contributed by atoms with Gasteiger partial charge in [0.05, 0.1) is 0 Å². The lowest BCUT2D eigenvalue weighted by Crippen LogP contribution is -2.50. The van der Waals surface area contributed by atoms with Gasteiger partial charge in [0.25, 0.3) is 0 Å². The summed E-state index contributed by atoms with van der Waals surface area (Å²) in [6.45, 7) is 7.02. The quantitative estimate of drug-likeness (QED) is 0.264. The van der Waals surface area contributed by atoms with Crippen LogP contribution < -0.4 is 5.32 Å². The summed E-state index contributed by atoms with van der Waals surface area (Å²) >= 11 is 13.0. The number of halogens is 2. The fraction of sp³-hybridized carbons (Fsp3) is 0.355. The molecule has 0 aliphatic rings. The summed E-state index contributed by atoms with van der Waals surface area (Å²) in [5, 5.41) is 3.94. The monoisotopic (exact) mass is 538 g/mol. The first-order valence-electron chi connectivity index (χ1n) is 12.9. The first kappa shape index (κ1) is 28.7. The molecule has 0 saturated heterocycles. The van der Waals surface area contributed by atoms with Gasteiger partial charge < -0.3 is 10.2 Å². The highest BCUT2D eigenvalue weighted by atomic mass is 35.5. The van der Waals surface area contributed by atoms with E-state index in [4.69, 9.17) is 23.2 Å². The second-order valence-electron chi connectivity index (χ2n) is 9.61. The van der Waals surface area contributed by atoms with Gasteiger partial charge in [-0.05, 0) is 47.6 Å². The summed E-state index contributed by atoms with van der Waals surface area (Å²) in [4.78, 5) is 28.9. The first-order chi connectivity index (χ1) is 17.8. The molecule has 37 heavy (non-hydrogen) atoms. The zero-order valence-corrected chi connectivity index (χ0v) is 23.4. The van der Waals surface area contributed by atoms with Crippen LogP contribution in [0.4, 0.5) is 0 Å². The van der Waals surface area contributed by atoms with Crippen molar-refractivity contribution < 1.29 is 9.59 Å². The van der Waals surface area contributed by atoms with Crippen molar-refractivity contribution in [2.24, 2.45) is 0 Å². The maximum atomic E-state index is 13.8. The molecular weight excluding hydrogens is 503 g/mol. The largest absolute Gasteiger partial charge is 0.354 e. The Morgan fingerprint density at radius 2 is 1.51 bits per heavy atom. The first-order valence-corrected chi connectivity index (χ1v) is 13.7. The number of hydrogen-bond acceptors (Lipinski definition) is 2. The van der Waals surface area contributed by atoms with Gasteiger partial charge in [-0.3, -0.25) is 9.59 Å². The number of nitrogens with zero attached hydrogens (tertiary/aromatic N) is 1. The molecule has 4 nitrogen and oxygen atoms in total. The van der Waals surface area contributed by atoms with Crippen LogP contribution in [0.2, 0.25) is 10.0 Å². The van der Waals surface area contributed by atoms with Crippen molar-refractivity contribution in [3.8, 4) is 0 Å². The smallest absolute Gasteiger partial charge is 0.243 e. The minimum absolute atomic E-state index is 0.114. The Hall–Kier alpha value is -2.82. The summed E-state index contributed by atoms with van der Waals surface area (Å²) < 4.78 is 0. The van der Waals surface area contributed by atoms with Gasteiger partial charge in [0.1, 0.15) is 6.04 Å². The van der Waals surface area contributed by atoms with Crippen molar-refractivity contribution in [1.29, 1.82) is 0 Å². The summed E-state index contributed by atoms with van der Waals surface area (Å²) in [7, 11) is 0. The van der Waals surface area contributed by atoms with Gasteiger partial charge in [-0.2, -0.15) is 0 Å².